The van der Waals surface area contributed by atoms with Crippen LogP contribution in [-0.2, 0) is 6.54 Å². The number of nitrogens with one attached hydrogen (secondary N) is 1. The average Bonchev–Trinajstić information content (AvgIpc) is 3.31. The van der Waals surface area contributed by atoms with E-state index in [2.05, 4.69) is 63.7 Å². The average molecular weight is 488 g/mol. The van der Waals surface area contributed by atoms with Gasteiger partial charge in [0.15, 0.2) is 5.11 Å². The molecule has 34 heavy (non-hydrogen) atoms. The predicted octanol–water partition coefficient (Wildman–Crippen LogP) is 6.02. The zero-order valence-electron chi connectivity index (χ0n) is 19.4. The van der Waals surface area contributed by atoms with Crippen molar-refractivity contribution in [2.24, 2.45) is 0 Å². The lowest BCUT2D eigenvalue weighted by molar-refractivity contribution is 0.307. The van der Waals surface area contributed by atoms with Crippen molar-refractivity contribution < 1.29 is 0 Å². The Balaban J connectivity index is 1.64. The summed E-state index contributed by atoms with van der Waals surface area (Å²) in [5.41, 5.74) is 7.70. The molecule has 4 aromatic rings. The standard InChI is InChI=1S/C27H26ClN5S/c1-17-10-11-20(28)15-24(17)33-18(2)14-22(19(33)3)26-25(23-9-5-7-13-30-23)31-27(34)32(26)16-21-8-4-6-12-29-21/h4-15,25-26H,16H2,1-3H3,(H,31,34). The number of nitrogens with zero attached hydrogens (tertiary/aromatic N) is 4. The molecule has 2 atom stereocenters. The van der Waals surface area contributed by atoms with Gasteiger partial charge in [-0.25, -0.2) is 0 Å². The first-order valence-corrected chi connectivity index (χ1v) is 12.1. The number of aryl methyl sites for hydroxylation is 2. The van der Waals surface area contributed by atoms with E-state index in [4.69, 9.17) is 23.8 Å². The maximum absolute atomic E-state index is 6.38. The monoisotopic (exact) mass is 487 g/mol. The molecule has 0 amide bonds. The predicted molar refractivity (Wildman–Crippen MR) is 140 cm³/mol. The lowest BCUT2D eigenvalue weighted by Crippen LogP contribution is -2.29. The molecule has 4 heterocycles. The second-order valence-corrected chi connectivity index (χ2v) is 9.49. The molecule has 5 nitrogen and oxygen atoms in total. The number of halogens is 1. The van der Waals surface area contributed by atoms with Crippen LogP contribution in [-0.4, -0.2) is 24.5 Å². The summed E-state index contributed by atoms with van der Waals surface area (Å²) in [6.45, 7) is 7.02. The van der Waals surface area contributed by atoms with Gasteiger partial charge in [0.05, 0.1) is 30.0 Å². The minimum atomic E-state index is -0.0770. The number of pyridine rings is 2. The maximum Gasteiger partial charge on any atom is 0.170 e. The minimum Gasteiger partial charge on any atom is -0.352 e. The van der Waals surface area contributed by atoms with E-state index in [1.807, 2.05) is 54.9 Å². The first-order chi connectivity index (χ1) is 16.4. The molecule has 0 bridgehead atoms. The fraction of sp³-hybridized carbons (Fsp3) is 0.222. The summed E-state index contributed by atoms with van der Waals surface area (Å²) in [6.07, 6.45) is 3.65. The van der Waals surface area contributed by atoms with Gasteiger partial charge < -0.3 is 14.8 Å². The normalized spacial score (nSPS) is 17.8. The number of aromatic nitrogens is 3. The molecular weight excluding hydrogens is 462 g/mol. The van der Waals surface area contributed by atoms with Gasteiger partial charge in [-0.05, 0) is 86.6 Å². The smallest absolute Gasteiger partial charge is 0.170 e. The van der Waals surface area contributed by atoms with Crippen LogP contribution in [0.4, 0.5) is 0 Å². The van der Waals surface area contributed by atoms with Crippen molar-refractivity contribution >= 4 is 28.9 Å². The van der Waals surface area contributed by atoms with E-state index in [1.54, 1.807) is 0 Å². The van der Waals surface area contributed by atoms with E-state index in [1.165, 1.54) is 11.1 Å². The first kappa shape index (κ1) is 22.6. The van der Waals surface area contributed by atoms with Crippen molar-refractivity contribution in [3.8, 4) is 5.69 Å². The summed E-state index contributed by atoms with van der Waals surface area (Å²) >= 11 is 12.2. The van der Waals surface area contributed by atoms with E-state index in [9.17, 15) is 0 Å². The van der Waals surface area contributed by atoms with Crippen molar-refractivity contribution in [1.29, 1.82) is 0 Å². The van der Waals surface area contributed by atoms with Gasteiger partial charge in [0.25, 0.3) is 0 Å². The molecule has 0 radical (unpaired) electrons. The van der Waals surface area contributed by atoms with Crippen LogP contribution in [0.15, 0.2) is 73.1 Å². The number of hydrogen-bond acceptors (Lipinski definition) is 3. The molecule has 172 valence electrons. The molecule has 1 saturated heterocycles. The molecule has 1 aromatic carbocycles. The summed E-state index contributed by atoms with van der Waals surface area (Å²) in [7, 11) is 0. The van der Waals surface area contributed by atoms with Crippen LogP contribution in [0.1, 0.15) is 46.0 Å². The van der Waals surface area contributed by atoms with Crippen LogP contribution in [0.5, 0.6) is 0 Å². The van der Waals surface area contributed by atoms with E-state index in [0.717, 1.165) is 33.5 Å². The van der Waals surface area contributed by atoms with Crippen LogP contribution in [0.25, 0.3) is 5.69 Å². The van der Waals surface area contributed by atoms with Crippen molar-refractivity contribution in [2.75, 3.05) is 0 Å². The van der Waals surface area contributed by atoms with Crippen molar-refractivity contribution in [2.45, 2.75) is 39.4 Å². The van der Waals surface area contributed by atoms with E-state index < -0.39 is 0 Å². The Labute approximate surface area is 210 Å². The van der Waals surface area contributed by atoms with Crippen LogP contribution >= 0.6 is 23.8 Å². The highest BCUT2D eigenvalue weighted by molar-refractivity contribution is 7.80. The van der Waals surface area contributed by atoms with Gasteiger partial charge in [0.2, 0.25) is 0 Å². The van der Waals surface area contributed by atoms with Crippen LogP contribution < -0.4 is 5.32 Å². The summed E-state index contributed by atoms with van der Waals surface area (Å²) in [5, 5.41) is 4.97. The van der Waals surface area contributed by atoms with Gasteiger partial charge in [0.1, 0.15) is 0 Å². The second-order valence-electron chi connectivity index (χ2n) is 8.67. The number of benzene rings is 1. The Hall–Kier alpha value is -3.22. The van der Waals surface area contributed by atoms with Gasteiger partial charge in [-0.3, -0.25) is 9.97 Å². The fourth-order valence-electron chi connectivity index (χ4n) is 4.86. The third kappa shape index (κ3) is 4.08. The molecule has 0 aliphatic carbocycles. The lowest BCUT2D eigenvalue weighted by Gasteiger charge is -2.28. The molecule has 1 aliphatic heterocycles. The molecule has 1 fully saturated rings. The molecule has 7 heteroatoms. The number of rotatable bonds is 5. The molecule has 3 aromatic heterocycles. The molecular formula is C27H26ClN5S. The lowest BCUT2D eigenvalue weighted by atomic mass is 9.96. The zero-order chi connectivity index (χ0) is 23.8. The quantitative estimate of drug-likeness (QED) is 0.349. The second kappa shape index (κ2) is 9.20. The van der Waals surface area contributed by atoms with E-state index >= 15 is 0 Å². The highest BCUT2D eigenvalue weighted by Crippen LogP contribution is 2.42. The Morgan fingerprint density at radius 3 is 2.44 bits per heavy atom. The van der Waals surface area contributed by atoms with Crippen LogP contribution in [0.3, 0.4) is 0 Å². The van der Waals surface area contributed by atoms with Crippen molar-refractivity contribution in [1.82, 2.24) is 24.8 Å². The van der Waals surface area contributed by atoms with Gasteiger partial charge in [-0.2, -0.15) is 0 Å². The maximum atomic E-state index is 6.38. The molecule has 1 aliphatic rings. The third-order valence-electron chi connectivity index (χ3n) is 6.46. The molecule has 1 N–H and O–H groups in total. The highest BCUT2D eigenvalue weighted by atomic mass is 35.5. The summed E-state index contributed by atoms with van der Waals surface area (Å²) in [6, 6.07) is 20.1. The third-order valence-corrected chi connectivity index (χ3v) is 7.04. The summed E-state index contributed by atoms with van der Waals surface area (Å²) < 4.78 is 2.28. The van der Waals surface area contributed by atoms with Gasteiger partial charge in [-0.15, -0.1) is 0 Å². The van der Waals surface area contributed by atoms with Crippen molar-refractivity contribution in [3.05, 3.63) is 112 Å². The van der Waals surface area contributed by atoms with Gasteiger partial charge >= 0.3 is 0 Å². The fourth-order valence-corrected chi connectivity index (χ4v) is 5.33. The highest BCUT2D eigenvalue weighted by Gasteiger charge is 2.41. The Bertz CT molecular complexity index is 1340. The summed E-state index contributed by atoms with van der Waals surface area (Å²) in [5.74, 6) is 0. The molecule has 0 spiro atoms. The Morgan fingerprint density at radius 1 is 0.971 bits per heavy atom. The topological polar surface area (TPSA) is 46.0 Å². The van der Waals surface area contributed by atoms with E-state index in [0.29, 0.717) is 11.7 Å². The zero-order valence-corrected chi connectivity index (χ0v) is 20.9. The van der Waals surface area contributed by atoms with Crippen molar-refractivity contribution in [3.63, 3.8) is 0 Å². The largest absolute Gasteiger partial charge is 0.352 e. The Kier molecular flexibility index (Phi) is 6.11. The molecule has 2 unspecified atom stereocenters. The SMILES string of the molecule is Cc1ccc(Cl)cc1-n1c(C)cc(C2C(c3ccccn3)NC(=S)N2Cc2ccccn2)c1C. The van der Waals surface area contributed by atoms with E-state index in [-0.39, 0.29) is 12.1 Å². The van der Waals surface area contributed by atoms with Gasteiger partial charge in [0, 0.05) is 34.5 Å². The minimum absolute atomic E-state index is 0.0381. The summed E-state index contributed by atoms with van der Waals surface area (Å²) in [4.78, 5) is 11.4. The molecule has 5 rings (SSSR count). The Morgan fingerprint density at radius 2 is 1.74 bits per heavy atom. The van der Waals surface area contributed by atoms with Crippen LogP contribution in [0, 0.1) is 20.8 Å². The molecule has 0 saturated carbocycles. The number of hydrogen-bond donors (Lipinski definition) is 1. The first-order valence-electron chi connectivity index (χ1n) is 11.3. The van der Waals surface area contributed by atoms with Gasteiger partial charge in [-0.1, -0.05) is 29.8 Å². The van der Waals surface area contributed by atoms with Crippen LogP contribution in [0.2, 0.25) is 5.02 Å². The number of thiocarbonyl (C=S) groups is 1.